The maximum atomic E-state index is 12.5. The van der Waals surface area contributed by atoms with Gasteiger partial charge >= 0.3 is 23.9 Å². The van der Waals surface area contributed by atoms with E-state index in [1.54, 1.807) is 67.6 Å². The van der Waals surface area contributed by atoms with Crippen molar-refractivity contribution >= 4 is 151 Å². The highest BCUT2D eigenvalue weighted by molar-refractivity contribution is 7.95. The van der Waals surface area contributed by atoms with Crippen LogP contribution in [0.1, 0.15) is 93.7 Å². The number of hydrogen-bond donors (Lipinski definition) is 14. The number of carboxylic acid groups (broad SMARTS) is 3. The molecule has 118 heavy (non-hydrogen) atoms. The van der Waals surface area contributed by atoms with E-state index in [1.807, 2.05) is 102 Å². The van der Waals surface area contributed by atoms with E-state index in [0.717, 1.165) is 97.4 Å². The number of hydrogen-bond acceptors (Lipinski definition) is 35. The summed E-state index contributed by atoms with van der Waals surface area (Å²) in [5.41, 5.74) is 5.52. The predicted molar refractivity (Wildman–Crippen MR) is 447 cm³/mol. The number of nitrogens with one attached hydrogen (secondary N) is 7. The standard InChI is InChI=1S/C17H18N2O5S.C17H20N2O5S.C16H20N4O3S.C12H11ClN6O2S2.C12H11ClN2O5S/c18-23-24-25-15-11-12(17(20)21)10-14(19-8-4-5-9-19)16(15)22-13-6-2-1-3-7-13;1-2-3-9-19-14-10-12(17(20)21)11-15(25-24-23-18)16(14)22-13-7-5-4-6-8-13;1-11(2)18-16(21)20-24(22,23)15-10-17-8-7-14(15)19-13-6-4-5-12(3)9-13;13-9-5-10(15-6-7-2-1-3-22-7)8(12-16-18-19-17-12)4-11(9)23-21-20-14;13-9-5-10(15-6-7-2-1-3-18-7)8(12(16)17)4-11(9)21-20-19-14/h1-3,6-7,10-11H,4-5,8-9,18H2,(H,20,21);4-8,10-11,19H,2-3,9,18H2,1H3,(H,20,21);4-11H,1-3H3,(H,17,19)(H2,18,20,21);1-5,15H,6,14H2,(H,16,17,18,19);1-5,15H,6,14H2,(H,16,17). The molecule has 12 rings (SSSR count). The minimum Gasteiger partial charge on any atom is -0.478 e. The third kappa shape index (κ3) is 29.8. The fourth-order valence-corrected chi connectivity index (χ4v) is 14.4. The van der Waals surface area contributed by atoms with Crippen molar-refractivity contribution in [3.8, 4) is 34.4 Å². The van der Waals surface area contributed by atoms with Crippen LogP contribution in [0.15, 0.2) is 217 Å². The van der Waals surface area contributed by atoms with Gasteiger partial charge in [-0.25, -0.2) is 32.3 Å². The first kappa shape index (κ1) is 93.0. The molecule has 18 N–H and O–H groups in total. The number of tetrazole rings is 1. The van der Waals surface area contributed by atoms with E-state index >= 15 is 0 Å². The van der Waals surface area contributed by atoms with Gasteiger partial charge in [-0.15, -0.1) is 58.8 Å². The molecule has 0 aliphatic carbocycles. The second kappa shape index (κ2) is 49.0. The monoisotopic (exact) mass is 1770 g/mol. The van der Waals surface area contributed by atoms with Crippen molar-refractivity contribution in [2.45, 2.75) is 97.0 Å². The largest absolute Gasteiger partial charge is 0.478 e. The Balaban J connectivity index is 0.000000184. The number of aromatic carboxylic acids is 3. The van der Waals surface area contributed by atoms with Gasteiger partial charge in [0.25, 0.3) is 10.0 Å². The van der Waals surface area contributed by atoms with Crippen molar-refractivity contribution in [3.05, 3.63) is 231 Å². The summed E-state index contributed by atoms with van der Waals surface area (Å²) in [6, 6.07) is 46.5. The summed E-state index contributed by atoms with van der Waals surface area (Å²) in [6.07, 6.45) is 8.25. The predicted octanol–water partition coefficient (Wildman–Crippen LogP) is 16.4. The number of aryl methyl sites for hydroxylation is 1. The minimum absolute atomic E-state index is 0.0362. The van der Waals surface area contributed by atoms with Gasteiger partial charge in [0.15, 0.2) is 11.5 Å². The summed E-state index contributed by atoms with van der Waals surface area (Å²) in [5.74, 6) is 19.5. The molecular weight excluding hydrogens is 1700 g/mol. The molecule has 0 bridgehead atoms. The van der Waals surface area contributed by atoms with E-state index in [0.29, 0.717) is 119 Å². The normalized spacial score (nSPS) is 11.4. The lowest BCUT2D eigenvalue weighted by molar-refractivity contribution is -0.195. The number of aromatic nitrogens is 5. The number of carbonyl (C=O) groups excluding carboxylic acids is 1. The molecule has 7 aromatic carbocycles. The number of ether oxygens (including phenoxy) is 2. The molecule has 36 nitrogen and oxygen atoms in total. The van der Waals surface area contributed by atoms with Gasteiger partial charge in [-0.3, -0.25) is 4.98 Å². The van der Waals surface area contributed by atoms with Crippen LogP contribution in [-0.4, -0.2) is 99.0 Å². The summed E-state index contributed by atoms with van der Waals surface area (Å²) in [4.78, 5) is 71.2. The number of rotatable bonds is 36. The van der Waals surface area contributed by atoms with Crippen LogP contribution in [0.4, 0.5) is 38.9 Å². The second-order valence-electron chi connectivity index (χ2n) is 24.2. The van der Waals surface area contributed by atoms with Gasteiger partial charge in [-0.05, 0) is 165 Å². The Morgan fingerprint density at radius 3 is 1.81 bits per heavy atom. The number of para-hydroxylation sites is 2. The third-order valence-corrected chi connectivity index (χ3v) is 21.2. The lowest BCUT2D eigenvalue weighted by Gasteiger charge is -2.23. The Kier molecular flexibility index (Phi) is 38.6. The first-order chi connectivity index (χ1) is 57.0. The van der Waals surface area contributed by atoms with E-state index in [2.05, 4.69) is 92.6 Å². The number of halogens is 2. The number of sulfonamides is 1. The zero-order chi connectivity index (χ0) is 84.8. The molecule has 4 aromatic heterocycles. The van der Waals surface area contributed by atoms with Crippen LogP contribution >= 0.6 is 82.7 Å². The molecule has 1 aliphatic rings. The Morgan fingerprint density at radius 1 is 0.644 bits per heavy atom. The number of carboxylic acids is 3. The Bertz CT molecular complexity index is 5110. The van der Waals surface area contributed by atoms with Crippen molar-refractivity contribution in [1.29, 1.82) is 0 Å². The average Bonchev–Trinajstić information content (AvgIpc) is 1.30. The quantitative estimate of drug-likeness (QED) is 0.00750. The van der Waals surface area contributed by atoms with Gasteiger partial charge in [0, 0.05) is 66.4 Å². The number of anilines is 6. The number of aromatic amines is 1. The zero-order valence-electron chi connectivity index (χ0n) is 62.9. The molecule has 0 atom stereocenters. The van der Waals surface area contributed by atoms with Crippen LogP contribution in [0.3, 0.4) is 0 Å². The van der Waals surface area contributed by atoms with Crippen LogP contribution in [0.2, 0.25) is 10.0 Å². The molecule has 2 amide bonds. The first-order valence-electron chi connectivity index (χ1n) is 34.9. The van der Waals surface area contributed by atoms with E-state index in [1.165, 1.54) is 59.9 Å². The van der Waals surface area contributed by atoms with E-state index in [9.17, 15) is 42.9 Å². The Morgan fingerprint density at radius 2 is 1.25 bits per heavy atom. The molecule has 0 spiro atoms. The number of unbranched alkanes of at least 4 members (excludes halogenated alkanes) is 1. The minimum atomic E-state index is -4.05. The van der Waals surface area contributed by atoms with Gasteiger partial charge in [-0.2, -0.15) is 28.8 Å². The molecule has 1 saturated heterocycles. The molecule has 5 heterocycles. The molecule has 0 unspecified atom stereocenters. The molecule has 1 aliphatic heterocycles. The second-order valence-corrected chi connectivity index (χ2v) is 30.7. The van der Waals surface area contributed by atoms with Crippen molar-refractivity contribution < 1.29 is 94.1 Å². The lowest BCUT2D eigenvalue weighted by Crippen LogP contribution is -2.42. The maximum Gasteiger partial charge on any atom is 0.337 e. The number of benzene rings is 7. The molecule has 1 fully saturated rings. The highest BCUT2D eigenvalue weighted by Crippen LogP contribution is 2.45. The van der Waals surface area contributed by atoms with Gasteiger partial charge < -0.3 is 60.7 Å². The van der Waals surface area contributed by atoms with Crippen LogP contribution in [0.25, 0.3) is 11.4 Å². The van der Waals surface area contributed by atoms with E-state index in [4.69, 9.17) is 69.3 Å². The van der Waals surface area contributed by atoms with Crippen LogP contribution < -0.4 is 69.3 Å². The summed E-state index contributed by atoms with van der Waals surface area (Å²) in [5, 5.41) is 59.9. The topological polar surface area (TPSA) is 515 Å². The van der Waals surface area contributed by atoms with Gasteiger partial charge in [0.05, 0.1) is 130 Å². The van der Waals surface area contributed by atoms with Gasteiger partial charge in [0.1, 0.15) is 22.2 Å². The summed E-state index contributed by atoms with van der Waals surface area (Å²) >= 11 is 17.2. The number of H-pyrrole nitrogens is 1. The van der Waals surface area contributed by atoms with E-state index < -0.39 is 34.0 Å². The first-order valence-corrected chi connectivity index (χ1v) is 40.9. The number of nitrogens with zero attached hydrogens (tertiary/aromatic N) is 5. The number of thiophene rings is 1. The van der Waals surface area contributed by atoms with Crippen LogP contribution in [0, 0.1) is 6.92 Å². The van der Waals surface area contributed by atoms with Crippen molar-refractivity contribution in [2.75, 3.05) is 45.8 Å². The number of pyridine rings is 1. The molecule has 11 aromatic rings. The summed E-state index contributed by atoms with van der Waals surface area (Å²) in [6.45, 7) is 10.8. The molecule has 0 saturated carbocycles. The number of furan rings is 1. The lowest BCUT2D eigenvalue weighted by atomic mass is 10.1. The number of carbonyl (C=O) groups is 4. The van der Waals surface area contributed by atoms with Crippen LogP contribution in [-0.2, 0) is 60.4 Å². The van der Waals surface area contributed by atoms with Crippen molar-refractivity contribution in [3.63, 3.8) is 0 Å². The Hall–Kier alpha value is -10.5. The maximum absolute atomic E-state index is 12.5. The summed E-state index contributed by atoms with van der Waals surface area (Å²) < 4.78 is 62.6. The molecule has 626 valence electrons. The number of nitrogens with two attached hydrogens (primary N) is 4. The van der Waals surface area contributed by atoms with E-state index in [-0.39, 0.29) is 27.6 Å². The highest BCUT2D eigenvalue weighted by atomic mass is 35.5. The molecule has 44 heteroatoms. The average molecular weight is 1780 g/mol. The fourth-order valence-electron chi connectivity index (χ4n) is 10.3. The van der Waals surface area contributed by atoms with Crippen LogP contribution in [0.5, 0.6) is 23.0 Å². The summed E-state index contributed by atoms with van der Waals surface area (Å²) in [7, 11) is -4.05. The smallest absolute Gasteiger partial charge is 0.337 e. The SMILES string of the molecule is CCCCNc1cc(C(=O)O)cc(SOON)c1Oc1ccccc1.Cc1cccc(Nc2ccncc2S(=O)(=O)NC(=O)NC(C)C)c1.NOOSc1cc(-c2nn[nH]n2)c(NCc2cccs2)cc1Cl.NOOSc1cc(C(=O)O)c(NCc2ccco2)cc1Cl.NOOSc1cc(C(=O)O)cc(N2CCCC2)c1Oc1ccccc1. The fraction of sp³-hybridized carbons (Fsp3) is 0.189. The number of urea groups is 1. The molecular formula is C74H80Cl2N16O20S6. The van der Waals surface area contributed by atoms with Gasteiger partial charge in [0.2, 0.25) is 5.82 Å². The van der Waals surface area contributed by atoms with Crippen molar-refractivity contribution in [2.24, 2.45) is 23.6 Å². The third-order valence-electron chi connectivity index (χ3n) is 15.5. The Labute approximate surface area is 707 Å². The number of amides is 2. The molecule has 0 radical (unpaired) electrons. The van der Waals surface area contributed by atoms with Gasteiger partial charge in [-0.1, -0.05) is 91.1 Å². The van der Waals surface area contributed by atoms with Crippen molar-refractivity contribution in [1.82, 2.24) is 35.6 Å². The zero-order valence-corrected chi connectivity index (χ0v) is 69.3. The highest BCUT2D eigenvalue weighted by Gasteiger charge is 2.27.